The van der Waals surface area contributed by atoms with E-state index >= 15 is 0 Å². The van der Waals surface area contributed by atoms with Crippen molar-refractivity contribution in [1.29, 1.82) is 0 Å². The van der Waals surface area contributed by atoms with E-state index in [2.05, 4.69) is 6.92 Å². The maximum Gasteiger partial charge on any atom is 0.317 e. The number of nitrogens with two attached hydrogens (primary N) is 2. The SMILES string of the molecule is CCCCCCCCCCC(C(=O)O)C(=O)O.NCCCCCCCCCCCCN. The molecule has 6 heteroatoms. The Morgan fingerprint density at radius 1 is 0.548 bits per heavy atom. The molecule has 0 unspecified atom stereocenters. The fraction of sp³-hybridized carbons (Fsp3) is 0.920. The molecule has 0 aromatic rings. The van der Waals surface area contributed by atoms with Gasteiger partial charge in [-0.05, 0) is 32.4 Å². The Labute approximate surface area is 191 Å². The van der Waals surface area contributed by atoms with Crippen molar-refractivity contribution >= 4 is 11.9 Å². The molecule has 0 aliphatic heterocycles. The van der Waals surface area contributed by atoms with Crippen LogP contribution in [-0.4, -0.2) is 35.2 Å². The standard InChI is InChI=1S/C13H24O4.C12H28N2/c1-2-3-4-5-6-7-8-9-10-11(12(14)15)13(16)17;13-11-9-7-5-3-1-2-4-6-8-10-12-14/h11H,2-10H2,1H3,(H,14,15)(H,16,17);1-14H2. The van der Waals surface area contributed by atoms with Crippen LogP contribution in [0.4, 0.5) is 0 Å². The molecule has 0 bridgehead atoms. The molecule has 0 saturated carbocycles. The summed E-state index contributed by atoms with van der Waals surface area (Å²) in [6.07, 6.45) is 22.6. The van der Waals surface area contributed by atoms with Gasteiger partial charge in [0.05, 0.1) is 0 Å². The summed E-state index contributed by atoms with van der Waals surface area (Å²) in [6.45, 7) is 3.90. The summed E-state index contributed by atoms with van der Waals surface area (Å²) in [6, 6.07) is 0. The first-order valence-corrected chi connectivity index (χ1v) is 12.9. The van der Waals surface area contributed by atoms with Crippen molar-refractivity contribution in [3.05, 3.63) is 0 Å². The maximum atomic E-state index is 10.6. The van der Waals surface area contributed by atoms with Crippen molar-refractivity contribution in [3.63, 3.8) is 0 Å². The van der Waals surface area contributed by atoms with Crippen molar-refractivity contribution in [1.82, 2.24) is 0 Å². The highest BCUT2D eigenvalue weighted by atomic mass is 16.4. The predicted molar refractivity (Wildman–Crippen MR) is 130 cm³/mol. The van der Waals surface area contributed by atoms with Crippen LogP contribution in [0.15, 0.2) is 0 Å². The van der Waals surface area contributed by atoms with Gasteiger partial charge in [-0.2, -0.15) is 0 Å². The summed E-state index contributed by atoms with van der Waals surface area (Å²) in [4.78, 5) is 21.2. The van der Waals surface area contributed by atoms with Gasteiger partial charge in [0.15, 0.2) is 5.92 Å². The fourth-order valence-corrected chi connectivity index (χ4v) is 3.54. The van der Waals surface area contributed by atoms with Gasteiger partial charge in [0, 0.05) is 0 Å². The molecule has 0 heterocycles. The van der Waals surface area contributed by atoms with Gasteiger partial charge in [-0.1, -0.05) is 110 Å². The monoisotopic (exact) mass is 444 g/mol. The zero-order valence-electron chi connectivity index (χ0n) is 20.3. The first kappa shape index (κ1) is 32.0. The Hall–Kier alpha value is -1.14. The van der Waals surface area contributed by atoms with Gasteiger partial charge >= 0.3 is 11.9 Å². The minimum atomic E-state index is -1.23. The second-order valence-electron chi connectivity index (χ2n) is 8.61. The Balaban J connectivity index is 0. The average molecular weight is 445 g/mol. The number of hydrogen-bond donors (Lipinski definition) is 4. The van der Waals surface area contributed by atoms with E-state index in [1.165, 1.54) is 96.3 Å². The van der Waals surface area contributed by atoms with E-state index < -0.39 is 17.9 Å². The molecular formula is C25H52N2O4. The summed E-state index contributed by atoms with van der Waals surface area (Å²) >= 11 is 0. The van der Waals surface area contributed by atoms with Crippen LogP contribution in [0, 0.1) is 5.92 Å². The molecule has 0 amide bonds. The molecule has 0 aliphatic carbocycles. The number of hydrogen-bond acceptors (Lipinski definition) is 4. The van der Waals surface area contributed by atoms with Crippen LogP contribution >= 0.6 is 0 Å². The van der Waals surface area contributed by atoms with Crippen molar-refractivity contribution in [2.45, 2.75) is 129 Å². The van der Waals surface area contributed by atoms with Crippen LogP contribution in [-0.2, 0) is 9.59 Å². The number of carbonyl (C=O) groups is 2. The molecule has 0 fully saturated rings. The Morgan fingerprint density at radius 3 is 1.13 bits per heavy atom. The van der Waals surface area contributed by atoms with Gasteiger partial charge in [0.1, 0.15) is 0 Å². The van der Waals surface area contributed by atoms with Gasteiger partial charge in [-0.15, -0.1) is 0 Å². The second-order valence-corrected chi connectivity index (χ2v) is 8.61. The number of carboxylic acids is 2. The second kappa shape index (κ2) is 26.9. The van der Waals surface area contributed by atoms with Gasteiger partial charge in [-0.25, -0.2) is 0 Å². The lowest BCUT2D eigenvalue weighted by Gasteiger charge is -2.06. The number of aliphatic carboxylic acids is 2. The van der Waals surface area contributed by atoms with Gasteiger partial charge < -0.3 is 21.7 Å². The molecule has 0 aromatic carbocycles. The molecule has 186 valence electrons. The first-order valence-electron chi connectivity index (χ1n) is 12.9. The lowest BCUT2D eigenvalue weighted by Crippen LogP contribution is -2.23. The maximum absolute atomic E-state index is 10.6. The van der Waals surface area contributed by atoms with Crippen LogP contribution in [0.1, 0.15) is 129 Å². The van der Waals surface area contributed by atoms with Crippen LogP contribution in [0.3, 0.4) is 0 Å². The first-order chi connectivity index (χ1) is 15.0. The predicted octanol–water partition coefficient (Wildman–Crippen LogP) is 6.11. The smallest absolute Gasteiger partial charge is 0.317 e. The summed E-state index contributed by atoms with van der Waals surface area (Å²) in [5, 5.41) is 17.3. The lowest BCUT2D eigenvalue weighted by atomic mass is 10.0. The van der Waals surface area contributed by atoms with E-state index in [4.69, 9.17) is 21.7 Å². The number of unbranched alkanes of at least 4 members (excludes halogenated alkanes) is 16. The Bertz CT molecular complexity index is 366. The number of rotatable bonds is 22. The highest BCUT2D eigenvalue weighted by molar-refractivity contribution is 5.92. The highest BCUT2D eigenvalue weighted by Gasteiger charge is 2.24. The minimum absolute atomic E-state index is 0.250. The summed E-state index contributed by atoms with van der Waals surface area (Å²) in [5.74, 6) is -3.67. The van der Waals surface area contributed by atoms with Crippen molar-refractivity contribution in [2.75, 3.05) is 13.1 Å². The molecule has 6 N–H and O–H groups in total. The van der Waals surface area contributed by atoms with Crippen molar-refractivity contribution < 1.29 is 19.8 Å². The van der Waals surface area contributed by atoms with Crippen LogP contribution in [0.5, 0.6) is 0 Å². The third-order valence-corrected chi connectivity index (χ3v) is 5.60. The molecule has 0 spiro atoms. The molecule has 0 saturated heterocycles. The molecule has 6 nitrogen and oxygen atoms in total. The zero-order chi connectivity index (χ0) is 23.6. The van der Waals surface area contributed by atoms with Crippen molar-refractivity contribution in [2.24, 2.45) is 17.4 Å². The van der Waals surface area contributed by atoms with E-state index in [1.807, 2.05) is 0 Å². The zero-order valence-corrected chi connectivity index (χ0v) is 20.3. The highest BCUT2D eigenvalue weighted by Crippen LogP contribution is 2.14. The van der Waals surface area contributed by atoms with Crippen LogP contribution < -0.4 is 11.5 Å². The van der Waals surface area contributed by atoms with E-state index in [-0.39, 0.29) is 6.42 Å². The normalized spacial score (nSPS) is 10.7. The molecular weight excluding hydrogens is 392 g/mol. The largest absolute Gasteiger partial charge is 0.481 e. The molecule has 0 radical (unpaired) electrons. The van der Waals surface area contributed by atoms with Gasteiger partial charge in [-0.3, -0.25) is 9.59 Å². The van der Waals surface area contributed by atoms with E-state index in [0.717, 1.165) is 25.9 Å². The minimum Gasteiger partial charge on any atom is -0.481 e. The van der Waals surface area contributed by atoms with Crippen LogP contribution in [0.2, 0.25) is 0 Å². The summed E-state index contributed by atoms with van der Waals surface area (Å²) < 4.78 is 0. The van der Waals surface area contributed by atoms with Crippen molar-refractivity contribution in [3.8, 4) is 0 Å². The van der Waals surface area contributed by atoms with E-state index in [1.54, 1.807) is 0 Å². The Morgan fingerprint density at radius 2 is 0.839 bits per heavy atom. The third kappa shape index (κ3) is 26.8. The molecule has 0 atom stereocenters. The summed E-state index contributed by atoms with van der Waals surface area (Å²) in [7, 11) is 0. The van der Waals surface area contributed by atoms with Crippen LogP contribution in [0.25, 0.3) is 0 Å². The van der Waals surface area contributed by atoms with Gasteiger partial charge in [0.25, 0.3) is 0 Å². The number of carboxylic acid groups (broad SMARTS) is 2. The lowest BCUT2D eigenvalue weighted by molar-refractivity contribution is -0.154. The topological polar surface area (TPSA) is 127 Å². The molecule has 0 rings (SSSR count). The quantitative estimate of drug-likeness (QED) is 0.118. The van der Waals surface area contributed by atoms with E-state index in [0.29, 0.717) is 6.42 Å². The Kier molecular flexibility index (Phi) is 27.8. The molecule has 0 aliphatic rings. The summed E-state index contributed by atoms with van der Waals surface area (Å²) in [5.41, 5.74) is 10.9. The van der Waals surface area contributed by atoms with E-state index in [9.17, 15) is 9.59 Å². The third-order valence-electron chi connectivity index (χ3n) is 5.60. The van der Waals surface area contributed by atoms with Gasteiger partial charge in [0.2, 0.25) is 0 Å². The average Bonchev–Trinajstić information content (AvgIpc) is 2.74. The fourth-order valence-electron chi connectivity index (χ4n) is 3.54. The molecule has 31 heavy (non-hydrogen) atoms. The molecule has 0 aromatic heterocycles.